The molecular formula is C10H12N2O2S. The highest BCUT2D eigenvalue weighted by molar-refractivity contribution is 7.12. The van der Waals surface area contributed by atoms with E-state index in [2.05, 4.69) is 10.3 Å². The van der Waals surface area contributed by atoms with Crippen LogP contribution in [0.25, 0.3) is 0 Å². The lowest BCUT2D eigenvalue weighted by Gasteiger charge is -2.21. The molecule has 1 aliphatic rings. The number of oxime groups is 2. The second-order valence-corrected chi connectivity index (χ2v) is 4.88. The van der Waals surface area contributed by atoms with E-state index in [0.717, 1.165) is 10.6 Å². The molecule has 2 rings (SSSR count). The molecule has 15 heavy (non-hydrogen) atoms. The fourth-order valence-corrected chi connectivity index (χ4v) is 2.42. The summed E-state index contributed by atoms with van der Waals surface area (Å²) >= 11 is 1.62. The van der Waals surface area contributed by atoms with Crippen molar-refractivity contribution in [1.82, 2.24) is 0 Å². The van der Waals surface area contributed by atoms with Gasteiger partial charge in [-0.25, -0.2) is 0 Å². The molecule has 0 fully saturated rings. The number of hydrogen-bond acceptors (Lipinski definition) is 5. The molecule has 0 spiro atoms. The topological polar surface area (TPSA) is 54.2 Å². The van der Waals surface area contributed by atoms with Gasteiger partial charge in [-0.1, -0.05) is 30.2 Å². The fraction of sp³-hybridized carbons (Fsp3) is 0.400. The maximum atomic E-state index is 8.52. The lowest BCUT2D eigenvalue weighted by molar-refractivity contribution is 0.0881. The largest absolute Gasteiger partial charge is 0.411 e. The number of nitrogens with zero attached hydrogens (tertiary/aromatic N) is 2. The molecule has 1 aromatic rings. The van der Waals surface area contributed by atoms with Crippen LogP contribution in [-0.2, 0) is 4.84 Å². The van der Waals surface area contributed by atoms with E-state index in [9.17, 15) is 0 Å². The van der Waals surface area contributed by atoms with E-state index in [1.165, 1.54) is 6.21 Å². The zero-order valence-electron chi connectivity index (χ0n) is 8.54. The molecule has 80 valence electrons. The summed E-state index contributed by atoms with van der Waals surface area (Å²) in [6, 6.07) is 3.99. The number of thiophene rings is 1. The Morgan fingerprint density at radius 3 is 3.07 bits per heavy atom. The number of rotatable bonds is 2. The molecule has 0 aromatic carbocycles. The third-order valence-electron chi connectivity index (χ3n) is 2.54. The normalized spacial score (nSPS) is 24.1. The van der Waals surface area contributed by atoms with Crippen LogP contribution in [0, 0.1) is 5.41 Å². The van der Waals surface area contributed by atoms with E-state index in [1.807, 2.05) is 31.4 Å². The summed E-state index contributed by atoms with van der Waals surface area (Å²) in [5.74, 6) is 0. The molecule has 1 aliphatic heterocycles. The molecule has 0 radical (unpaired) electrons. The lowest BCUT2D eigenvalue weighted by atomic mass is 9.82. The van der Waals surface area contributed by atoms with Crippen LogP contribution in [0.3, 0.4) is 0 Å². The third kappa shape index (κ3) is 1.63. The highest BCUT2D eigenvalue weighted by Gasteiger charge is 2.42. The second-order valence-electron chi connectivity index (χ2n) is 3.93. The molecule has 0 bridgehead atoms. The van der Waals surface area contributed by atoms with Gasteiger partial charge in [-0.05, 0) is 11.4 Å². The maximum absolute atomic E-state index is 8.52. The van der Waals surface area contributed by atoms with Crippen molar-refractivity contribution >= 4 is 23.3 Å². The first-order valence-corrected chi connectivity index (χ1v) is 5.50. The van der Waals surface area contributed by atoms with Crippen LogP contribution in [0.2, 0.25) is 0 Å². The minimum absolute atomic E-state index is 0.267. The molecule has 0 unspecified atom stereocenters. The monoisotopic (exact) mass is 224 g/mol. The Morgan fingerprint density at radius 1 is 1.67 bits per heavy atom. The molecule has 1 aromatic heterocycles. The zero-order chi connectivity index (χ0) is 10.9. The highest BCUT2D eigenvalue weighted by Crippen LogP contribution is 2.35. The summed E-state index contributed by atoms with van der Waals surface area (Å²) in [5.41, 5.74) is 0.638. The Bertz CT molecular complexity index is 396. The van der Waals surface area contributed by atoms with Gasteiger partial charge in [0.15, 0.2) is 6.10 Å². The van der Waals surface area contributed by atoms with Crippen LogP contribution >= 0.6 is 11.3 Å². The van der Waals surface area contributed by atoms with Gasteiger partial charge in [0.25, 0.3) is 0 Å². The summed E-state index contributed by atoms with van der Waals surface area (Å²) in [7, 11) is 0. The third-order valence-corrected chi connectivity index (χ3v) is 3.41. The van der Waals surface area contributed by atoms with Crippen molar-refractivity contribution in [3.8, 4) is 0 Å². The standard InChI is InChI=1S/C10H12N2O2S/c1-10(2)8(6-11-13)14-12-9(10)7-4-3-5-15-7/h3-6,8,13H,1-2H3/t8-/m0/s1. The second kappa shape index (κ2) is 3.66. The molecule has 1 N–H and O–H groups in total. The number of hydrogen-bond donors (Lipinski definition) is 1. The average molecular weight is 224 g/mol. The predicted molar refractivity (Wildman–Crippen MR) is 59.8 cm³/mol. The van der Waals surface area contributed by atoms with Gasteiger partial charge in [0.2, 0.25) is 0 Å². The fourth-order valence-electron chi connectivity index (χ4n) is 1.54. The van der Waals surface area contributed by atoms with Crippen LogP contribution in [0.4, 0.5) is 0 Å². The predicted octanol–water partition coefficient (Wildman–Crippen LogP) is 2.34. The van der Waals surface area contributed by atoms with Crippen LogP contribution in [-0.4, -0.2) is 23.2 Å². The van der Waals surface area contributed by atoms with E-state index >= 15 is 0 Å². The van der Waals surface area contributed by atoms with Gasteiger partial charge in [-0.2, -0.15) is 0 Å². The van der Waals surface area contributed by atoms with E-state index in [1.54, 1.807) is 11.3 Å². The van der Waals surface area contributed by atoms with E-state index < -0.39 is 0 Å². The summed E-state index contributed by atoms with van der Waals surface area (Å²) in [6.45, 7) is 4.04. The van der Waals surface area contributed by atoms with E-state index in [-0.39, 0.29) is 11.5 Å². The maximum Gasteiger partial charge on any atom is 0.176 e. The molecule has 0 aliphatic carbocycles. The first-order chi connectivity index (χ1) is 7.16. The molecule has 0 amide bonds. The van der Waals surface area contributed by atoms with E-state index in [0.29, 0.717) is 0 Å². The van der Waals surface area contributed by atoms with Crippen molar-refractivity contribution in [2.45, 2.75) is 20.0 Å². The van der Waals surface area contributed by atoms with Crippen LogP contribution in [0.5, 0.6) is 0 Å². The van der Waals surface area contributed by atoms with Crippen molar-refractivity contribution in [2.75, 3.05) is 0 Å². The van der Waals surface area contributed by atoms with Gasteiger partial charge in [-0.3, -0.25) is 0 Å². The van der Waals surface area contributed by atoms with Crippen molar-refractivity contribution in [3.63, 3.8) is 0 Å². The van der Waals surface area contributed by atoms with Gasteiger partial charge in [0, 0.05) is 0 Å². The quantitative estimate of drug-likeness (QED) is 0.476. The lowest BCUT2D eigenvalue weighted by Crippen LogP contribution is -2.33. The minimum Gasteiger partial charge on any atom is -0.411 e. The Balaban J connectivity index is 2.30. The van der Waals surface area contributed by atoms with E-state index in [4.69, 9.17) is 10.0 Å². The first-order valence-electron chi connectivity index (χ1n) is 4.62. The molecule has 5 heteroatoms. The Hall–Kier alpha value is -1.36. The van der Waals surface area contributed by atoms with Crippen LogP contribution in [0.15, 0.2) is 27.8 Å². The smallest absolute Gasteiger partial charge is 0.176 e. The molecule has 0 saturated heterocycles. The Morgan fingerprint density at radius 2 is 2.47 bits per heavy atom. The summed E-state index contributed by atoms with van der Waals surface area (Å²) in [5, 5.41) is 17.6. The van der Waals surface area contributed by atoms with Crippen LogP contribution in [0.1, 0.15) is 18.7 Å². The molecular weight excluding hydrogens is 212 g/mol. The van der Waals surface area contributed by atoms with Crippen molar-refractivity contribution in [2.24, 2.45) is 15.7 Å². The SMILES string of the molecule is CC1(C)C(c2cccs2)=NO[C@H]1C=NO. The average Bonchev–Trinajstić information content (AvgIpc) is 2.76. The van der Waals surface area contributed by atoms with Gasteiger partial charge in [0.05, 0.1) is 16.5 Å². The summed E-state index contributed by atoms with van der Waals surface area (Å²) < 4.78 is 0. The first kappa shape index (κ1) is 10.2. The Labute approximate surface area is 91.9 Å². The highest BCUT2D eigenvalue weighted by atomic mass is 32.1. The van der Waals surface area contributed by atoms with Gasteiger partial charge in [-0.15, -0.1) is 11.3 Å². The van der Waals surface area contributed by atoms with Crippen molar-refractivity contribution in [1.29, 1.82) is 0 Å². The molecule has 2 heterocycles. The van der Waals surface area contributed by atoms with Gasteiger partial charge in [0.1, 0.15) is 5.71 Å². The van der Waals surface area contributed by atoms with Crippen molar-refractivity contribution in [3.05, 3.63) is 22.4 Å². The molecule has 4 nitrogen and oxygen atoms in total. The molecule has 0 saturated carbocycles. The summed E-state index contributed by atoms with van der Waals surface area (Å²) in [6.07, 6.45) is 1.06. The van der Waals surface area contributed by atoms with Gasteiger partial charge < -0.3 is 10.0 Å². The summed E-state index contributed by atoms with van der Waals surface area (Å²) in [4.78, 5) is 6.32. The minimum atomic E-state index is -0.306. The molecule has 1 atom stereocenters. The van der Waals surface area contributed by atoms with Crippen LogP contribution < -0.4 is 0 Å². The van der Waals surface area contributed by atoms with Gasteiger partial charge >= 0.3 is 0 Å². The zero-order valence-corrected chi connectivity index (χ0v) is 9.36. The Kier molecular flexibility index (Phi) is 2.48. The van der Waals surface area contributed by atoms with Crippen molar-refractivity contribution < 1.29 is 10.0 Å².